The molecule has 1 unspecified atom stereocenters. The molecular weight excluding hydrogens is 342 g/mol. The number of likely N-dealkylation sites (tertiary alicyclic amines) is 1. The van der Waals surface area contributed by atoms with Crippen LogP contribution in [0.4, 0.5) is 4.79 Å². The summed E-state index contributed by atoms with van der Waals surface area (Å²) < 4.78 is 5.85. The number of carbonyl (C=O) groups is 2. The largest absolute Gasteiger partial charge is 0.363 e. The van der Waals surface area contributed by atoms with Crippen LogP contribution in [0.2, 0.25) is 0 Å². The van der Waals surface area contributed by atoms with Gasteiger partial charge in [0.1, 0.15) is 6.61 Å². The molecule has 0 aliphatic carbocycles. The lowest BCUT2D eigenvalue weighted by molar-refractivity contribution is -0.167. The van der Waals surface area contributed by atoms with Crippen LogP contribution in [-0.2, 0) is 16.0 Å². The normalized spacial score (nSPS) is 20.6. The average molecular weight is 373 g/mol. The Morgan fingerprint density at radius 2 is 1.96 bits per heavy atom. The van der Waals surface area contributed by atoms with Gasteiger partial charge in [0.15, 0.2) is 0 Å². The second kappa shape index (κ2) is 8.74. The maximum atomic E-state index is 12.6. The molecule has 0 bridgehead atoms. The zero-order chi connectivity index (χ0) is 19.3. The summed E-state index contributed by atoms with van der Waals surface area (Å²) >= 11 is 0. The molecule has 1 N–H and O–H groups in total. The first-order chi connectivity index (χ1) is 13.0. The first kappa shape index (κ1) is 19.7. The number of rotatable bonds is 5. The molecular formula is C21H31N3O3. The highest BCUT2D eigenvalue weighted by Crippen LogP contribution is 2.30. The summed E-state index contributed by atoms with van der Waals surface area (Å²) in [6.07, 6.45) is 3.57. The summed E-state index contributed by atoms with van der Waals surface area (Å²) in [5, 5.41) is 3.11. The van der Waals surface area contributed by atoms with Gasteiger partial charge in [-0.2, -0.15) is 0 Å². The van der Waals surface area contributed by atoms with Gasteiger partial charge in [-0.15, -0.1) is 0 Å². The van der Waals surface area contributed by atoms with Gasteiger partial charge in [0.05, 0.1) is 5.60 Å². The highest BCUT2D eigenvalue weighted by molar-refractivity contribution is 5.78. The number of piperidine rings is 1. The van der Waals surface area contributed by atoms with E-state index in [0.29, 0.717) is 32.1 Å². The Balaban J connectivity index is 1.44. The molecule has 6 heteroatoms. The Kier molecular flexibility index (Phi) is 6.37. The van der Waals surface area contributed by atoms with Gasteiger partial charge in [0, 0.05) is 33.2 Å². The fourth-order valence-corrected chi connectivity index (χ4v) is 3.96. The third kappa shape index (κ3) is 5.01. The zero-order valence-electron chi connectivity index (χ0n) is 16.4. The molecule has 0 aromatic heterocycles. The predicted molar refractivity (Wildman–Crippen MR) is 104 cm³/mol. The number of hydrogen-bond donors (Lipinski definition) is 1. The van der Waals surface area contributed by atoms with Crippen LogP contribution in [0, 0.1) is 5.92 Å². The molecule has 2 aliphatic heterocycles. The Bertz CT molecular complexity index is 641. The van der Waals surface area contributed by atoms with Gasteiger partial charge in [-0.25, -0.2) is 4.79 Å². The zero-order valence-corrected chi connectivity index (χ0v) is 16.4. The summed E-state index contributed by atoms with van der Waals surface area (Å²) in [6, 6.07) is 10.4. The van der Waals surface area contributed by atoms with Gasteiger partial charge >= 0.3 is 6.03 Å². The number of morpholine rings is 1. The van der Waals surface area contributed by atoms with Gasteiger partial charge in [0.2, 0.25) is 5.91 Å². The Labute approximate surface area is 161 Å². The van der Waals surface area contributed by atoms with E-state index in [1.165, 1.54) is 5.56 Å². The van der Waals surface area contributed by atoms with Gasteiger partial charge in [-0.05, 0) is 30.7 Å². The number of hydrogen-bond acceptors (Lipinski definition) is 3. The van der Waals surface area contributed by atoms with E-state index in [9.17, 15) is 9.59 Å². The van der Waals surface area contributed by atoms with Gasteiger partial charge in [0.25, 0.3) is 0 Å². The maximum Gasteiger partial charge on any atom is 0.317 e. The Morgan fingerprint density at radius 3 is 2.59 bits per heavy atom. The lowest BCUT2D eigenvalue weighted by atomic mass is 9.89. The molecule has 1 aromatic carbocycles. The van der Waals surface area contributed by atoms with E-state index in [0.717, 1.165) is 25.7 Å². The van der Waals surface area contributed by atoms with Gasteiger partial charge in [-0.3, -0.25) is 4.79 Å². The van der Waals surface area contributed by atoms with Crippen LogP contribution < -0.4 is 5.32 Å². The van der Waals surface area contributed by atoms with Crippen LogP contribution in [0.25, 0.3) is 0 Å². The minimum absolute atomic E-state index is 0.0107. The van der Waals surface area contributed by atoms with Crippen molar-refractivity contribution in [3.8, 4) is 0 Å². The van der Waals surface area contributed by atoms with Crippen LogP contribution in [0.5, 0.6) is 0 Å². The smallest absolute Gasteiger partial charge is 0.317 e. The summed E-state index contributed by atoms with van der Waals surface area (Å²) in [6.45, 7) is 4.98. The van der Waals surface area contributed by atoms with Crippen molar-refractivity contribution in [2.45, 2.75) is 38.2 Å². The fraction of sp³-hybridized carbons (Fsp3) is 0.619. The van der Waals surface area contributed by atoms with E-state index in [1.807, 2.05) is 18.0 Å². The monoisotopic (exact) mass is 373 g/mol. The van der Waals surface area contributed by atoms with Gasteiger partial charge < -0.3 is 19.9 Å². The highest BCUT2D eigenvalue weighted by atomic mass is 16.5. The van der Waals surface area contributed by atoms with E-state index >= 15 is 0 Å². The Hall–Kier alpha value is -2.08. The van der Waals surface area contributed by atoms with Crippen LogP contribution >= 0.6 is 0 Å². The second-order valence-electron chi connectivity index (χ2n) is 7.86. The Morgan fingerprint density at radius 1 is 1.26 bits per heavy atom. The molecule has 148 valence electrons. The SMILES string of the molecule is CCC(CNC(=O)N1CCC2(CC1)CN(C)C(=O)CO2)Cc1ccccc1. The van der Waals surface area contributed by atoms with Crippen molar-refractivity contribution in [3.05, 3.63) is 35.9 Å². The number of urea groups is 1. The van der Waals surface area contributed by atoms with Gasteiger partial charge in [-0.1, -0.05) is 43.7 Å². The van der Waals surface area contributed by atoms with Crippen molar-refractivity contribution in [1.82, 2.24) is 15.1 Å². The lowest BCUT2D eigenvalue weighted by Crippen LogP contribution is -2.59. The molecule has 6 nitrogen and oxygen atoms in total. The molecule has 27 heavy (non-hydrogen) atoms. The van der Waals surface area contributed by atoms with Crippen LogP contribution in [0.1, 0.15) is 31.7 Å². The van der Waals surface area contributed by atoms with Crippen LogP contribution in [-0.4, -0.2) is 67.2 Å². The summed E-state index contributed by atoms with van der Waals surface area (Å²) in [5.41, 5.74) is 1.03. The molecule has 2 heterocycles. The molecule has 2 saturated heterocycles. The van der Waals surface area contributed by atoms with Crippen molar-refractivity contribution in [2.24, 2.45) is 5.92 Å². The molecule has 1 aromatic rings. The summed E-state index contributed by atoms with van der Waals surface area (Å²) in [4.78, 5) is 27.8. The maximum absolute atomic E-state index is 12.6. The van der Waals surface area contributed by atoms with Crippen molar-refractivity contribution < 1.29 is 14.3 Å². The minimum atomic E-state index is -0.279. The second-order valence-corrected chi connectivity index (χ2v) is 7.86. The number of ether oxygens (including phenoxy) is 1. The van der Waals surface area contributed by atoms with Crippen LogP contribution in [0.15, 0.2) is 30.3 Å². The standard InChI is InChI=1S/C21H31N3O3/c1-3-17(13-18-7-5-4-6-8-18)14-22-20(26)24-11-9-21(10-12-24)16-23(2)19(25)15-27-21/h4-8,17H,3,9-16H2,1-2H3,(H,22,26). The first-order valence-electron chi connectivity index (χ1n) is 9.96. The predicted octanol–water partition coefficient (Wildman–Crippen LogP) is 2.29. The molecule has 0 radical (unpaired) electrons. The number of nitrogens with zero attached hydrogens (tertiary/aromatic N) is 2. The number of benzene rings is 1. The third-order valence-corrected chi connectivity index (χ3v) is 5.90. The van der Waals surface area contributed by atoms with Crippen molar-refractivity contribution in [3.63, 3.8) is 0 Å². The molecule has 2 fully saturated rings. The number of amides is 3. The van der Waals surface area contributed by atoms with E-state index in [1.54, 1.807) is 4.90 Å². The molecule has 2 aliphatic rings. The molecule has 1 spiro atoms. The lowest BCUT2D eigenvalue weighted by Gasteiger charge is -2.46. The number of nitrogens with one attached hydrogen (secondary N) is 1. The molecule has 3 rings (SSSR count). The van der Waals surface area contributed by atoms with E-state index in [-0.39, 0.29) is 24.1 Å². The number of likely N-dealkylation sites (N-methyl/N-ethyl adjacent to an activating group) is 1. The molecule has 0 saturated carbocycles. The van der Waals surface area contributed by atoms with E-state index in [4.69, 9.17) is 4.74 Å². The van der Waals surface area contributed by atoms with Crippen molar-refractivity contribution in [2.75, 3.05) is 39.8 Å². The topological polar surface area (TPSA) is 61.9 Å². The highest BCUT2D eigenvalue weighted by Gasteiger charge is 2.41. The molecule has 3 amide bonds. The van der Waals surface area contributed by atoms with E-state index < -0.39 is 0 Å². The fourth-order valence-electron chi connectivity index (χ4n) is 3.96. The third-order valence-electron chi connectivity index (χ3n) is 5.90. The first-order valence-corrected chi connectivity index (χ1v) is 9.96. The average Bonchev–Trinajstić information content (AvgIpc) is 2.69. The van der Waals surface area contributed by atoms with Crippen molar-refractivity contribution >= 4 is 11.9 Å². The quantitative estimate of drug-likeness (QED) is 0.861. The van der Waals surface area contributed by atoms with Crippen molar-refractivity contribution in [1.29, 1.82) is 0 Å². The van der Waals surface area contributed by atoms with E-state index in [2.05, 4.69) is 36.5 Å². The van der Waals surface area contributed by atoms with Crippen LogP contribution in [0.3, 0.4) is 0 Å². The minimum Gasteiger partial charge on any atom is -0.363 e. The number of carbonyl (C=O) groups excluding carboxylic acids is 2. The summed E-state index contributed by atoms with van der Waals surface area (Å²) in [7, 11) is 1.82. The molecule has 1 atom stereocenters. The summed E-state index contributed by atoms with van der Waals surface area (Å²) in [5.74, 6) is 0.471.